The highest BCUT2D eigenvalue weighted by atomic mass is 35.5. The summed E-state index contributed by atoms with van der Waals surface area (Å²) in [6, 6.07) is 12.4. The minimum Gasteiger partial charge on any atom is -0.508 e. The van der Waals surface area contributed by atoms with Crippen LogP contribution in [0, 0.1) is 0 Å². The van der Waals surface area contributed by atoms with Crippen molar-refractivity contribution in [3.63, 3.8) is 0 Å². The highest BCUT2D eigenvalue weighted by molar-refractivity contribution is 6.33. The molecular formula is C18H16ClN5O3. The molecule has 3 rings (SSSR count). The number of amides is 2. The van der Waals surface area contributed by atoms with Gasteiger partial charge in [0.1, 0.15) is 11.8 Å². The number of halogens is 1. The van der Waals surface area contributed by atoms with Crippen molar-refractivity contribution in [2.45, 2.75) is 12.5 Å². The number of hydrazone groups is 1. The van der Waals surface area contributed by atoms with Gasteiger partial charge in [-0.1, -0.05) is 23.7 Å². The van der Waals surface area contributed by atoms with Gasteiger partial charge in [-0.25, -0.2) is 10.4 Å². The van der Waals surface area contributed by atoms with E-state index >= 15 is 0 Å². The fraction of sp³-hybridized carbons (Fsp3) is 0.111. The normalized spacial score (nSPS) is 16.1. The molecule has 1 atom stereocenters. The van der Waals surface area contributed by atoms with Crippen LogP contribution < -0.4 is 16.1 Å². The van der Waals surface area contributed by atoms with E-state index in [-0.39, 0.29) is 24.0 Å². The van der Waals surface area contributed by atoms with Crippen LogP contribution in [0.3, 0.4) is 0 Å². The predicted molar refractivity (Wildman–Crippen MR) is 103 cm³/mol. The van der Waals surface area contributed by atoms with Gasteiger partial charge in [0.15, 0.2) is 0 Å². The molecule has 0 saturated carbocycles. The molecule has 138 valence electrons. The summed E-state index contributed by atoms with van der Waals surface area (Å²) >= 11 is 5.99. The summed E-state index contributed by atoms with van der Waals surface area (Å²) in [6.07, 6.45) is 1.38. The number of phenols is 1. The Morgan fingerprint density at radius 3 is 2.74 bits per heavy atom. The van der Waals surface area contributed by atoms with Gasteiger partial charge in [0.25, 0.3) is 5.91 Å². The number of aliphatic imine (C=N–C) groups is 1. The lowest BCUT2D eigenvalue weighted by molar-refractivity contribution is -0.123. The molecule has 0 spiro atoms. The first kappa shape index (κ1) is 18.4. The third-order valence-corrected chi connectivity index (χ3v) is 3.96. The van der Waals surface area contributed by atoms with E-state index in [0.717, 1.165) is 5.56 Å². The number of rotatable bonds is 5. The highest BCUT2D eigenvalue weighted by Crippen LogP contribution is 2.21. The number of carbonyl (C=O) groups excluding carboxylic acids is 2. The lowest BCUT2D eigenvalue weighted by Crippen LogP contribution is -2.35. The van der Waals surface area contributed by atoms with E-state index < -0.39 is 11.9 Å². The number of hydrogen-bond donors (Lipinski definition) is 4. The molecule has 27 heavy (non-hydrogen) atoms. The summed E-state index contributed by atoms with van der Waals surface area (Å²) in [6.45, 7) is 0. The molecule has 0 aromatic heterocycles. The van der Waals surface area contributed by atoms with Gasteiger partial charge in [0, 0.05) is 0 Å². The third-order valence-electron chi connectivity index (χ3n) is 3.63. The Hall–Kier alpha value is -3.39. The number of nitrogens with one attached hydrogen (secondary N) is 3. The summed E-state index contributed by atoms with van der Waals surface area (Å²) < 4.78 is 0. The van der Waals surface area contributed by atoms with Crippen LogP contribution in [-0.4, -0.2) is 35.1 Å². The number of nitrogens with zero attached hydrogens (tertiary/aromatic N) is 2. The first-order chi connectivity index (χ1) is 13.0. The molecule has 1 heterocycles. The molecule has 2 aromatic carbocycles. The summed E-state index contributed by atoms with van der Waals surface area (Å²) in [7, 11) is 0. The smallest absolute Gasteiger partial charge is 0.252 e. The van der Waals surface area contributed by atoms with Crippen molar-refractivity contribution in [1.82, 2.24) is 10.7 Å². The van der Waals surface area contributed by atoms with E-state index in [2.05, 4.69) is 26.2 Å². The number of phenolic OH excluding ortho intramolecular Hbond substituents is 1. The minimum absolute atomic E-state index is 0.121. The van der Waals surface area contributed by atoms with Crippen LogP contribution in [0.4, 0.5) is 5.69 Å². The second kappa shape index (κ2) is 8.33. The average molecular weight is 386 g/mol. The van der Waals surface area contributed by atoms with Crippen LogP contribution in [0.25, 0.3) is 0 Å². The number of carbonyl (C=O) groups is 2. The Balaban J connectivity index is 1.55. The van der Waals surface area contributed by atoms with Gasteiger partial charge in [0.2, 0.25) is 11.9 Å². The Morgan fingerprint density at radius 2 is 2.00 bits per heavy atom. The van der Waals surface area contributed by atoms with Crippen LogP contribution in [0.1, 0.15) is 12.0 Å². The zero-order valence-corrected chi connectivity index (χ0v) is 14.8. The lowest BCUT2D eigenvalue weighted by Gasteiger charge is -2.08. The third kappa shape index (κ3) is 5.05. The van der Waals surface area contributed by atoms with E-state index in [1.165, 1.54) is 18.3 Å². The molecule has 0 radical (unpaired) electrons. The molecule has 4 N–H and O–H groups in total. The average Bonchev–Trinajstić information content (AvgIpc) is 2.98. The molecule has 0 bridgehead atoms. The Kier molecular flexibility index (Phi) is 5.68. The molecule has 1 aliphatic rings. The molecule has 2 amide bonds. The molecule has 8 nitrogen and oxygen atoms in total. The Labute approximate surface area is 160 Å². The zero-order valence-electron chi connectivity index (χ0n) is 14.0. The number of guanidine groups is 1. The largest absolute Gasteiger partial charge is 0.508 e. The van der Waals surface area contributed by atoms with E-state index in [4.69, 9.17) is 11.6 Å². The molecule has 0 saturated heterocycles. The topological polar surface area (TPSA) is 115 Å². The van der Waals surface area contributed by atoms with Crippen molar-refractivity contribution in [2.24, 2.45) is 10.1 Å². The minimum atomic E-state index is -0.848. The van der Waals surface area contributed by atoms with E-state index in [1.54, 1.807) is 36.4 Å². The quantitative estimate of drug-likeness (QED) is 0.464. The summed E-state index contributed by atoms with van der Waals surface area (Å²) in [5.74, 6) is -0.455. The second-order valence-corrected chi connectivity index (χ2v) is 6.08. The number of aromatic hydroxyl groups is 1. The van der Waals surface area contributed by atoms with E-state index in [9.17, 15) is 14.7 Å². The van der Waals surface area contributed by atoms with Crippen molar-refractivity contribution < 1.29 is 14.7 Å². The lowest BCUT2D eigenvalue weighted by atomic mass is 10.2. The van der Waals surface area contributed by atoms with Gasteiger partial charge in [0.05, 0.1) is 23.3 Å². The van der Waals surface area contributed by atoms with Gasteiger partial charge >= 0.3 is 0 Å². The van der Waals surface area contributed by atoms with Crippen molar-refractivity contribution in [3.05, 3.63) is 59.1 Å². The molecule has 1 aliphatic heterocycles. The first-order valence-electron chi connectivity index (χ1n) is 8.02. The number of hydrogen-bond acceptors (Lipinski definition) is 6. The van der Waals surface area contributed by atoms with Crippen LogP contribution >= 0.6 is 11.6 Å². The van der Waals surface area contributed by atoms with Crippen molar-refractivity contribution >= 4 is 41.3 Å². The summed E-state index contributed by atoms with van der Waals surface area (Å²) in [4.78, 5) is 28.2. The molecule has 0 aliphatic carbocycles. The fourth-order valence-corrected chi connectivity index (χ4v) is 2.49. The molecule has 2 aromatic rings. The second-order valence-electron chi connectivity index (χ2n) is 5.68. The fourth-order valence-electron chi connectivity index (χ4n) is 2.31. The van der Waals surface area contributed by atoms with E-state index in [1.807, 2.05) is 0 Å². The number of anilines is 1. The molecule has 1 unspecified atom stereocenters. The van der Waals surface area contributed by atoms with Gasteiger partial charge in [-0.15, -0.1) is 0 Å². The maximum atomic E-state index is 12.1. The molecule has 9 heteroatoms. The van der Waals surface area contributed by atoms with E-state index in [0.29, 0.717) is 10.7 Å². The number of para-hydroxylation sites is 1. The maximum Gasteiger partial charge on any atom is 0.252 e. The Morgan fingerprint density at radius 1 is 1.26 bits per heavy atom. The van der Waals surface area contributed by atoms with Gasteiger partial charge in [-0.2, -0.15) is 5.10 Å². The zero-order chi connectivity index (χ0) is 19.2. The predicted octanol–water partition coefficient (Wildman–Crippen LogP) is 1.85. The SMILES string of the molecule is O=C(CC1N=C(NN=Cc2ccc(O)cc2)NC1=O)Nc1ccccc1Cl. The first-order valence-corrected chi connectivity index (χ1v) is 8.40. The monoisotopic (exact) mass is 385 g/mol. The van der Waals surface area contributed by atoms with Crippen LogP contribution in [0.5, 0.6) is 5.75 Å². The standard InChI is InChI=1S/C18H16ClN5O3/c19-13-3-1-2-4-14(13)21-16(26)9-15-17(27)23-18(22-15)24-20-10-11-5-7-12(25)8-6-11/h1-8,10,15,25H,9H2,(H,21,26)(H2,22,23,24,27). The molecule has 0 fully saturated rings. The number of benzene rings is 2. The summed E-state index contributed by atoms with van der Waals surface area (Å²) in [5.41, 5.74) is 3.84. The van der Waals surface area contributed by atoms with Gasteiger partial charge in [-0.05, 0) is 42.0 Å². The van der Waals surface area contributed by atoms with Crippen LogP contribution in [-0.2, 0) is 9.59 Å². The molecular weight excluding hydrogens is 370 g/mol. The van der Waals surface area contributed by atoms with Gasteiger partial charge in [-0.3, -0.25) is 14.9 Å². The van der Waals surface area contributed by atoms with Gasteiger partial charge < -0.3 is 10.4 Å². The summed E-state index contributed by atoms with van der Waals surface area (Å²) in [5, 5.41) is 18.8. The van der Waals surface area contributed by atoms with Crippen LogP contribution in [0.15, 0.2) is 58.6 Å². The highest BCUT2D eigenvalue weighted by Gasteiger charge is 2.28. The van der Waals surface area contributed by atoms with Crippen LogP contribution in [0.2, 0.25) is 5.02 Å². The maximum absolute atomic E-state index is 12.1. The Bertz CT molecular complexity index is 911. The van der Waals surface area contributed by atoms with Crippen molar-refractivity contribution in [1.29, 1.82) is 0 Å². The van der Waals surface area contributed by atoms with Crippen molar-refractivity contribution in [3.8, 4) is 5.75 Å². The van der Waals surface area contributed by atoms with Crippen molar-refractivity contribution in [2.75, 3.05) is 5.32 Å².